The van der Waals surface area contributed by atoms with Crippen LogP contribution >= 0.6 is 0 Å². The lowest BCUT2D eigenvalue weighted by atomic mass is 9.98. The summed E-state index contributed by atoms with van der Waals surface area (Å²) in [7, 11) is 1.34. The van der Waals surface area contributed by atoms with Crippen molar-refractivity contribution in [1.29, 1.82) is 0 Å². The maximum absolute atomic E-state index is 11.3. The van der Waals surface area contributed by atoms with Gasteiger partial charge in [-0.3, -0.25) is 4.79 Å². The molecule has 68 valence electrons. The largest absolute Gasteiger partial charge is 0.467 e. The second kappa shape index (κ2) is 3.56. The zero-order chi connectivity index (χ0) is 9.03. The van der Waals surface area contributed by atoms with Crippen molar-refractivity contribution in [2.45, 2.75) is 31.2 Å². The van der Waals surface area contributed by atoms with Gasteiger partial charge in [-0.25, -0.2) is 4.79 Å². The molecule has 1 fully saturated rings. The van der Waals surface area contributed by atoms with Gasteiger partial charge >= 0.3 is 5.97 Å². The Kier molecular flexibility index (Phi) is 2.68. The van der Waals surface area contributed by atoms with Crippen LogP contribution in [-0.4, -0.2) is 25.0 Å². The first kappa shape index (κ1) is 9.03. The van der Waals surface area contributed by atoms with Crippen molar-refractivity contribution in [3.63, 3.8) is 0 Å². The zero-order valence-electron chi connectivity index (χ0n) is 7.13. The number of hydrogen-bond donors (Lipinski definition) is 1. The highest BCUT2D eigenvalue weighted by atomic mass is 16.5. The second-order valence-electron chi connectivity index (χ2n) is 3.04. The van der Waals surface area contributed by atoms with Gasteiger partial charge in [-0.2, -0.15) is 0 Å². The molecule has 0 aliphatic heterocycles. The first-order valence-electron chi connectivity index (χ1n) is 4.05. The number of hydrogen-bond acceptors (Lipinski definition) is 3. The van der Waals surface area contributed by atoms with Gasteiger partial charge < -0.3 is 10.1 Å². The molecule has 0 unspecified atom stereocenters. The van der Waals surface area contributed by atoms with Crippen LogP contribution in [0.3, 0.4) is 0 Å². The SMILES string of the molecule is COC(=O)C1(NC=O)CCCC1. The lowest BCUT2D eigenvalue weighted by Crippen LogP contribution is -2.49. The number of esters is 1. The molecule has 1 saturated carbocycles. The Bertz CT molecular complexity index is 185. The van der Waals surface area contributed by atoms with Crippen molar-refractivity contribution < 1.29 is 14.3 Å². The molecular formula is C8H13NO3. The van der Waals surface area contributed by atoms with Crippen LogP contribution in [0.2, 0.25) is 0 Å². The van der Waals surface area contributed by atoms with Gasteiger partial charge in [0.15, 0.2) is 0 Å². The van der Waals surface area contributed by atoms with Crippen LogP contribution in [-0.2, 0) is 14.3 Å². The fourth-order valence-corrected chi connectivity index (χ4v) is 1.69. The smallest absolute Gasteiger partial charge is 0.331 e. The Labute approximate surface area is 71.3 Å². The van der Waals surface area contributed by atoms with E-state index < -0.39 is 5.54 Å². The van der Waals surface area contributed by atoms with Crippen molar-refractivity contribution in [3.8, 4) is 0 Å². The van der Waals surface area contributed by atoms with E-state index in [-0.39, 0.29) is 5.97 Å². The highest BCUT2D eigenvalue weighted by Crippen LogP contribution is 2.30. The van der Waals surface area contributed by atoms with Crippen LogP contribution in [0.1, 0.15) is 25.7 Å². The second-order valence-corrected chi connectivity index (χ2v) is 3.04. The quantitative estimate of drug-likeness (QED) is 0.488. The van der Waals surface area contributed by atoms with Crippen molar-refractivity contribution >= 4 is 12.4 Å². The molecule has 0 aromatic rings. The van der Waals surface area contributed by atoms with Gasteiger partial charge in [0.25, 0.3) is 0 Å². The highest BCUT2D eigenvalue weighted by molar-refractivity contribution is 5.83. The standard InChI is InChI=1S/C8H13NO3/c1-12-7(11)8(9-6-10)4-2-3-5-8/h6H,2-5H2,1H3,(H,9,10). The summed E-state index contributed by atoms with van der Waals surface area (Å²) in [5.41, 5.74) is -0.726. The number of methoxy groups -OCH3 is 1. The van der Waals surface area contributed by atoms with Crippen LogP contribution in [0.25, 0.3) is 0 Å². The van der Waals surface area contributed by atoms with E-state index >= 15 is 0 Å². The molecule has 4 heteroatoms. The molecule has 0 heterocycles. The molecule has 0 radical (unpaired) electrons. The van der Waals surface area contributed by atoms with Gasteiger partial charge in [-0.1, -0.05) is 12.8 Å². The molecule has 1 rings (SSSR count). The van der Waals surface area contributed by atoms with Gasteiger partial charge in [0.05, 0.1) is 7.11 Å². The molecule has 0 saturated heterocycles. The third kappa shape index (κ3) is 1.42. The minimum absolute atomic E-state index is 0.327. The van der Waals surface area contributed by atoms with Crippen molar-refractivity contribution in [2.75, 3.05) is 7.11 Å². The molecule has 0 aromatic heterocycles. The molecule has 0 atom stereocenters. The monoisotopic (exact) mass is 171 g/mol. The minimum Gasteiger partial charge on any atom is -0.467 e. The van der Waals surface area contributed by atoms with Crippen LogP contribution < -0.4 is 5.32 Å². The predicted octanol–water partition coefficient (Wildman–Crippen LogP) is 0.218. The Morgan fingerprint density at radius 1 is 1.50 bits per heavy atom. The maximum Gasteiger partial charge on any atom is 0.331 e. The Hall–Kier alpha value is -1.06. The molecular weight excluding hydrogens is 158 g/mol. The van der Waals surface area contributed by atoms with Gasteiger partial charge in [0.1, 0.15) is 5.54 Å². The first-order chi connectivity index (χ1) is 5.75. The van der Waals surface area contributed by atoms with E-state index in [1.165, 1.54) is 7.11 Å². The number of amides is 1. The average Bonchev–Trinajstić information content (AvgIpc) is 2.53. The Morgan fingerprint density at radius 3 is 2.50 bits per heavy atom. The van der Waals surface area contributed by atoms with Crippen LogP contribution in [0, 0.1) is 0 Å². The fraction of sp³-hybridized carbons (Fsp3) is 0.750. The van der Waals surface area contributed by atoms with E-state index in [2.05, 4.69) is 10.1 Å². The minimum atomic E-state index is -0.726. The number of carbonyl (C=O) groups is 2. The van der Waals surface area contributed by atoms with E-state index in [4.69, 9.17) is 0 Å². The Morgan fingerprint density at radius 2 is 2.08 bits per heavy atom. The van der Waals surface area contributed by atoms with Gasteiger partial charge in [-0.05, 0) is 12.8 Å². The molecule has 1 aliphatic carbocycles. The summed E-state index contributed by atoms with van der Waals surface area (Å²) in [5, 5.41) is 2.55. The molecule has 1 N–H and O–H groups in total. The molecule has 1 aliphatic rings. The van der Waals surface area contributed by atoms with Gasteiger partial charge in [0.2, 0.25) is 6.41 Å². The van der Waals surface area contributed by atoms with Gasteiger partial charge in [-0.15, -0.1) is 0 Å². The average molecular weight is 171 g/mol. The molecule has 0 bridgehead atoms. The number of carbonyl (C=O) groups excluding carboxylic acids is 2. The van der Waals surface area contributed by atoms with Crippen molar-refractivity contribution in [3.05, 3.63) is 0 Å². The number of rotatable bonds is 3. The fourth-order valence-electron chi connectivity index (χ4n) is 1.69. The Balaban J connectivity index is 2.70. The van der Waals surface area contributed by atoms with Crippen LogP contribution in [0.15, 0.2) is 0 Å². The normalized spacial score (nSPS) is 20.1. The summed E-state index contributed by atoms with van der Waals surface area (Å²) in [6, 6.07) is 0. The topological polar surface area (TPSA) is 55.4 Å². The maximum atomic E-state index is 11.3. The summed E-state index contributed by atoms with van der Waals surface area (Å²) in [4.78, 5) is 21.5. The summed E-state index contributed by atoms with van der Waals surface area (Å²) >= 11 is 0. The zero-order valence-corrected chi connectivity index (χ0v) is 7.13. The van der Waals surface area contributed by atoms with E-state index in [1.54, 1.807) is 0 Å². The summed E-state index contributed by atoms with van der Waals surface area (Å²) < 4.78 is 4.63. The summed E-state index contributed by atoms with van der Waals surface area (Å²) in [5.74, 6) is -0.327. The lowest BCUT2D eigenvalue weighted by molar-refractivity contribution is -0.149. The molecule has 12 heavy (non-hydrogen) atoms. The van der Waals surface area contributed by atoms with Crippen LogP contribution in [0.5, 0.6) is 0 Å². The molecule has 1 amide bonds. The third-order valence-electron chi connectivity index (χ3n) is 2.37. The summed E-state index contributed by atoms with van der Waals surface area (Å²) in [6.45, 7) is 0. The van der Waals surface area contributed by atoms with E-state index in [1.807, 2.05) is 0 Å². The number of nitrogens with one attached hydrogen (secondary N) is 1. The highest BCUT2D eigenvalue weighted by Gasteiger charge is 2.41. The molecule has 0 spiro atoms. The third-order valence-corrected chi connectivity index (χ3v) is 2.37. The van der Waals surface area contributed by atoms with Crippen molar-refractivity contribution in [2.24, 2.45) is 0 Å². The van der Waals surface area contributed by atoms with E-state index in [0.29, 0.717) is 19.3 Å². The van der Waals surface area contributed by atoms with Crippen molar-refractivity contribution in [1.82, 2.24) is 5.32 Å². The lowest BCUT2D eigenvalue weighted by Gasteiger charge is -2.24. The first-order valence-corrected chi connectivity index (χ1v) is 4.05. The molecule has 4 nitrogen and oxygen atoms in total. The summed E-state index contributed by atoms with van der Waals surface area (Å²) in [6.07, 6.45) is 3.89. The van der Waals surface area contributed by atoms with Crippen LogP contribution in [0.4, 0.5) is 0 Å². The van der Waals surface area contributed by atoms with Gasteiger partial charge in [0, 0.05) is 0 Å². The van der Waals surface area contributed by atoms with E-state index in [9.17, 15) is 9.59 Å². The van der Waals surface area contributed by atoms with E-state index in [0.717, 1.165) is 12.8 Å². The molecule has 0 aromatic carbocycles. The number of ether oxygens (including phenoxy) is 1. The predicted molar refractivity (Wildman–Crippen MR) is 42.4 cm³/mol.